The van der Waals surface area contributed by atoms with Gasteiger partial charge in [0.2, 0.25) is 11.9 Å². The van der Waals surface area contributed by atoms with Gasteiger partial charge in [0.1, 0.15) is 11.6 Å². The van der Waals surface area contributed by atoms with Crippen LogP contribution in [0.4, 0.5) is 11.9 Å². The van der Waals surface area contributed by atoms with E-state index < -0.39 is 0 Å². The Morgan fingerprint density at radius 1 is 0.923 bits per heavy atom. The van der Waals surface area contributed by atoms with Crippen molar-refractivity contribution < 1.29 is 0 Å². The summed E-state index contributed by atoms with van der Waals surface area (Å²) in [7, 11) is 0. The molecular formula is C6H9N7. The average molecular weight is 179 g/mol. The first-order chi connectivity index (χ1) is 6.24. The second kappa shape index (κ2) is 2.85. The molecule has 2 heterocycles. The molecule has 7 heteroatoms. The number of nitrogens with zero attached hydrogens (tertiary/aromatic N) is 4. The minimum atomic E-state index is 0.469. The van der Waals surface area contributed by atoms with E-state index in [-0.39, 0.29) is 0 Å². The quantitative estimate of drug-likeness (QED) is 0.615. The summed E-state index contributed by atoms with van der Waals surface area (Å²) in [5, 5.41) is 16.0. The van der Waals surface area contributed by atoms with Crippen molar-refractivity contribution >= 4 is 11.9 Å². The van der Waals surface area contributed by atoms with Crippen LogP contribution in [0, 0.1) is 13.8 Å². The maximum Gasteiger partial charge on any atom is 0.248 e. The lowest BCUT2D eigenvalue weighted by Gasteiger charge is -1.90. The molecule has 0 radical (unpaired) electrons. The van der Waals surface area contributed by atoms with E-state index in [1.807, 2.05) is 13.8 Å². The molecule has 2 aromatic rings. The molecule has 3 N–H and O–H groups in total. The fourth-order valence-electron chi connectivity index (χ4n) is 0.897. The largest absolute Gasteiger partial charge is 0.290 e. The molecule has 0 amide bonds. The summed E-state index contributed by atoms with van der Waals surface area (Å²) in [5.41, 5.74) is 0. The molecule has 0 saturated heterocycles. The van der Waals surface area contributed by atoms with E-state index >= 15 is 0 Å². The lowest BCUT2D eigenvalue weighted by molar-refractivity contribution is 1.03. The predicted octanol–water partition coefficient (Wildman–Crippen LogP) is 0.283. The Labute approximate surface area is 74.0 Å². The van der Waals surface area contributed by atoms with Gasteiger partial charge in [-0.3, -0.25) is 15.5 Å². The third-order valence-electron chi connectivity index (χ3n) is 1.42. The Morgan fingerprint density at radius 3 is 1.69 bits per heavy atom. The summed E-state index contributed by atoms with van der Waals surface area (Å²) in [5.74, 6) is 2.43. The Morgan fingerprint density at radius 2 is 1.38 bits per heavy atom. The van der Waals surface area contributed by atoms with E-state index in [0.717, 1.165) is 11.6 Å². The molecule has 0 atom stereocenters. The van der Waals surface area contributed by atoms with Gasteiger partial charge in [-0.15, -0.1) is 10.2 Å². The van der Waals surface area contributed by atoms with Crippen LogP contribution in [-0.4, -0.2) is 30.4 Å². The number of hydrogen-bond donors (Lipinski definition) is 3. The molecule has 0 saturated carbocycles. The molecule has 2 aromatic heterocycles. The molecule has 0 aromatic carbocycles. The van der Waals surface area contributed by atoms with E-state index in [9.17, 15) is 0 Å². The van der Waals surface area contributed by atoms with Crippen LogP contribution in [-0.2, 0) is 0 Å². The number of hydrogen-bond acceptors (Lipinski definition) is 5. The van der Waals surface area contributed by atoms with Crippen molar-refractivity contribution in [2.45, 2.75) is 13.8 Å². The fourth-order valence-corrected chi connectivity index (χ4v) is 0.897. The number of rotatable bonds is 2. The highest BCUT2D eigenvalue weighted by atomic mass is 15.4. The molecule has 7 nitrogen and oxygen atoms in total. The maximum atomic E-state index is 4.04. The zero-order valence-corrected chi connectivity index (χ0v) is 7.29. The number of aromatic amines is 2. The SMILES string of the molecule is Cc1nc(Nc2n[nH]c(C)n2)n[nH]1. The molecular weight excluding hydrogens is 170 g/mol. The normalized spacial score (nSPS) is 10.3. The van der Waals surface area contributed by atoms with Crippen molar-refractivity contribution in [2.24, 2.45) is 0 Å². The zero-order valence-electron chi connectivity index (χ0n) is 7.29. The number of H-pyrrole nitrogens is 2. The van der Waals surface area contributed by atoms with Gasteiger partial charge >= 0.3 is 0 Å². The smallest absolute Gasteiger partial charge is 0.248 e. The number of anilines is 2. The molecule has 2 rings (SSSR count). The molecule has 0 aliphatic rings. The summed E-state index contributed by atoms with van der Waals surface area (Å²) < 4.78 is 0. The van der Waals surface area contributed by atoms with Crippen LogP contribution in [0.25, 0.3) is 0 Å². The summed E-state index contributed by atoms with van der Waals surface area (Å²) in [6.07, 6.45) is 0. The van der Waals surface area contributed by atoms with Crippen molar-refractivity contribution in [3.63, 3.8) is 0 Å². The fraction of sp³-hybridized carbons (Fsp3) is 0.333. The van der Waals surface area contributed by atoms with Crippen LogP contribution in [0.3, 0.4) is 0 Å². The van der Waals surface area contributed by atoms with Gasteiger partial charge in [-0.05, 0) is 13.8 Å². The Bertz CT molecular complexity index is 362. The summed E-state index contributed by atoms with van der Waals surface area (Å²) in [4.78, 5) is 8.09. The van der Waals surface area contributed by atoms with Crippen molar-refractivity contribution in [3.8, 4) is 0 Å². The van der Waals surface area contributed by atoms with E-state index in [1.54, 1.807) is 0 Å². The third kappa shape index (κ3) is 1.63. The Balaban J connectivity index is 2.14. The van der Waals surface area contributed by atoms with Crippen molar-refractivity contribution in [3.05, 3.63) is 11.6 Å². The third-order valence-corrected chi connectivity index (χ3v) is 1.42. The molecule has 0 unspecified atom stereocenters. The summed E-state index contributed by atoms with van der Waals surface area (Å²) >= 11 is 0. The van der Waals surface area contributed by atoms with Gasteiger partial charge < -0.3 is 0 Å². The van der Waals surface area contributed by atoms with E-state index in [2.05, 4.69) is 35.7 Å². The average Bonchev–Trinajstić information content (AvgIpc) is 2.62. The molecule has 68 valence electrons. The summed E-state index contributed by atoms with van der Waals surface area (Å²) in [6.45, 7) is 3.64. The number of nitrogens with one attached hydrogen (secondary N) is 3. The highest BCUT2D eigenvalue weighted by Crippen LogP contribution is 2.05. The zero-order chi connectivity index (χ0) is 9.26. The number of aromatic nitrogens is 6. The van der Waals surface area contributed by atoms with Crippen LogP contribution in [0.5, 0.6) is 0 Å². The van der Waals surface area contributed by atoms with Crippen LogP contribution < -0.4 is 5.32 Å². The van der Waals surface area contributed by atoms with Crippen LogP contribution in [0.15, 0.2) is 0 Å². The van der Waals surface area contributed by atoms with E-state index in [0.29, 0.717) is 11.9 Å². The van der Waals surface area contributed by atoms with Gasteiger partial charge in [-0.25, -0.2) is 0 Å². The van der Waals surface area contributed by atoms with E-state index in [1.165, 1.54) is 0 Å². The summed E-state index contributed by atoms with van der Waals surface area (Å²) in [6, 6.07) is 0. The van der Waals surface area contributed by atoms with Gasteiger partial charge in [0.15, 0.2) is 0 Å². The molecule has 0 aliphatic heterocycles. The van der Waals surface area contributed by atoms with Crippen molar-refractivity contribution in [1.82, 2.24) is 30.4 Å². The van der Waals surface area contributed by atoms with Gasteiger partial charge in [-0.2, -0.15) is 9.97 Å². The first kappa shape index (κ1) is 7.71. The lowest BCUT2D eigenvalue weighted by atomic mass is 10.7. The molecule has 0 spiro atoms. The molecule has 13 heavy (non-hydrogen) atoms. The van der Waals surface area contributed by atoms with Crippen LogP contribution in [0.1, 0.15) is 11.6 Å². The molecule has 0 aliphatic carbocycles. The molecule has 0 bridgehead atoms. The highest BCUT2D eigenvalue weighted by molar-refractivity contribution is 5.40. The standard InChI is InChI=1S/C6H9N7/c1-3-7-5(12-10-3)9-6-8-4(2)11-13-6/h1-2H3,(H3,7,8,9,10,11,12,13). The minimum absolute atomic E-state index is 0.469. The first-order valence-electron chi connectivity index (χ1n) is 3.79. The second-order valence-electron chi connectivity index (χ2n) is 2.61. The number of aryl methyl sites for hydroxylation is 2. The first-order valence-corrected chi connectivity index (χ1v) is 3.79. The van der Waals surface area contributed by atoms with Crippen LogP contribution >= 0.6 is 0 Å². The molecule has 0 fully saturated rings. The Kier molecular flexibility index (Phi) is 1.69. The highest BCUT2D eigenvalue weighted by Gasteiger charge is 2.03. The van der Waals surface area contributed by atoms with E-state index in [4.69, 9.17) is 0 Å². The topological polar surface area (TPSA) is 95.2 Å². The minimum Gasteiger partial charge on any atom is -0.290 e. The van der Waals surface area contributed by atoms with Gasteiger partial charge in [0.25, 0.3) is 0 Å². The monoisotopic (exact) mass is 179 g/mol. The van der Waals surface area contributed by atoms with Gasteiger partial charge in [-0.1, -0.05) is 0 Å². The second-order valence-corrected chi connectivity index (χ2v) is 2.61. The maximum absolute atomic E-state index is 4.04. The Hall–Kier alpha value is -1.92. The lowest BCUT2D eigenvalue weighted by Crippen LogP contribution is -1.94. The van der Waals surface area contributed by atoms with Crippen molar-refractivity contribution in [2.75, 3.05) is 5.32 Å². The van der Waals surface area contributed by atoms with Crippen LogP contribution in [0.2, 0.25) is 0 Å². The van der Waals surface area contributed by atoms with Crippen molar-refractivity contribution in [1.29, 1.82) is 0 Å². The predicted molar refractivity (Wildman–Crippen MR) is 45.5 cm³/mol. The van der Waals surface area contributed by atoms with Gasteiger partial charge in [0.05, 0.1) is 0 Å². The van der Waals surface area contributed by atoms with Gasteiger partial charge in [0, 0.05) is 0 Å².